The van der Waals surface area contributed by atoms with E-state index in [1.54, 1.807) is 0 Å². The highest BCUT2D eigenvalue weighted by atomic mass is 16.2. The molecule has 0 saturated heterocycles. The molecular formula is C20H22N2O. The normalized spacial score (nSPS) is 22.3. The molecule has 1 atom stereocenters. The molecule has 1 aliphatic heterocycles. The van der Waals surface area contributed by atoms with Crippen LogP contribution < -0.4 is 5.01 Å². The summed E-state index contributed by atoms with van der Waals surface area (Å²) in [7, 11) is 0. The van der Waals surface area contributed by atoms with Crippen LogP contribution >= 0.6 is 0 Å². The van der Waals surface area contributed by atoms with E-state index in [-0.39, 0.29) is 11.9 Å². The van der Waals surface area contributed by atoms with Crippen LogP contribution in [0.3, 0.4) is 0 Å². The van der Waals surface area contributed by atoms with Crippen molar-refractivity contribution in [2.45, 2.75) is 38.1 Å². The lowest BCUT2D eigenvalue weighted by atomic mass is 9.77. The summed E-state index contributed by atoms with van der Waals surface area (Å²) in [6.45, 7) is 4.40. The van der Waals surface area contributed by atoms with Gasteiger partial charge in [0.2, 0.25) is 0 Å². The molecule has 1 aliphatic carbocycles. The molecule has 0 bridgehead atoms. The first kappa shape index (κ1) is 14.3. The zero-order valence-electron chi connectivity index (χ0n) is 13.3. The van der Waals surface area contributed by atoms with E-state index in [2.05, 4.69) is 6.58 Å². The standard InChI is InChI=1S/C20H22N2O/c1-15-17-11-5-6-12-18(17)20(23)22(21-13-7-8-14-21)19(15)16-9-3-2-4-10-16/h5-8,11-14,16,19H,1-4,9-10H2. The summed E-state index contributed by atoms with van der Waals surface area (Å²) in [5.41, 5.74) is 2.87. The quantitative estimate of drug-likeness (QED) is 0.814. The summed E-state index contributed by atoms with van der Waals surface area (Å²) in [5.74, 6) is 0.579. The van der Waals surface area contributed by atoms with Gasteiger partial charge in [-0.2, -0.15) is 0 Å². The van der Waals surface area contributed by atoms with E-state index in [0.717, 1.165) is 16.7 Å². The fraction of sp³-hybridized carbons (Fsp3) is 0.350. The molecule has 1 fully saturated rings. The van der Waals surface area contributed by atoms with Crippen molar-refractivity contribution in [1.82, 2.24) is 4.68 Å². The molecule has 1 amide bonds. The van der Waals surface area contributed by atoms with Crippen LogP contribution in [0.2, 0.25) is 0 Å². The molecule has 3 heteroatoms. The predicted octanol–water partition coefficient (Wildman–Crippen LogP) is 4.24. The van der Waals surface area contributed by atoms with Crippen LogP contribution in [-0.2, 0) is 0 Å². The van der Waals surface area contributed by atoms with Crippen molar-refractivity contribution in [1.29, 1.82) is 0 Å². The van der Waals surface area contributed by atoms with E-state index in [0.29, 0.717) is 5.92 Å². The highest BCUT2D eigenvalue weighted by Crippen LogP contribution is 2.39. The highest BCUT2D eigenvalue weighted by Gasteiger charge is 2.40. The molecule has 1 aromatic carbocycles. The largest absolute Gasteiger partial charge is 0.273 e. The summed E-state index contributed by atoms with van der Waals surface area (Å²) < 4.78 is 1.93. The minimum absolute atomic E-state index is 0.0603. The number of aromatic nitrogens is 1. The molecule has 2 aromatic rings. The number of fused-ring (bicyclic) bond motifs is 1. The number of hydrogen-bond donors (Lipinski definition) is 0. The van der Waals surface area contributed by atoms with E-state index in [9.17, 15) is 4.79 Å². The summed E-state index contributed by atoms with van der Waals surface area (Å²) in [6.07, 6.45) is 10.1. The van der Waals surface area contributed by atoms with E-state index in [4.69, 9.17) is 0 Å². The van der Waals surface area contributed by atoms with E-state index in [1.165, 1.54) is 32.1 Å². The van der Waals surface area contributed by atoms with Crippen molar-refractivity contribution in [3.63, 3.8) is 0 Å². The van der Waals surface area contributed by atoms with Crippen molar-refractivity contribution in [2.24, 2.45) is 5.92 Å². The molecule has 4 rings (SSSR count). The lowest BCUT2D eigenvalue weighted by Crippen LogP contribution is -2.54. The van der Waals surface area contributed by atoms with Gasteiger partial charge < -0.3 is 0 Å². The van der Waals surface area contributed by atoms with Gasteiger partial charge in [-0.25, -0.2) is 5.01 Å². The summed E-state index contributed by atoms with van der Waals surface area (Å²) in [5, 5.41) is 1.92. The van der Waals surface area contributed by atoms with E-state index < -0.39 is 0 Å². The Balaban J connectivity index is 1.83. The third-order valence-electron chi connectivity index (χ3n) is 5.27. The Morgan fingerprint density at radius 1 is 0.913 bits per heavy atom. The van der Waals surface area contributed by atoms with Gasteiger partial charge in [0.1, 0.15) is 0 Å². The van der Waals surface area contributed by atoms with Gasteiger partial charge in [-0.3, -0.25) is 9.47 Å². The molecule has 118 valence electrons. The lowest BCUT2D eigenvalue weighted by molar-refractivity contribution is 0.0929. The summed E-state index contributed by atoms with van der Waals surface area (Å²) in [4.78, 5) is 13.2. The van der Waals surface area contributed by atoms with Gasteiger partial charge in [-0.05, 0) is 48.1 Å². The molecule has 1 aromatic heterocycles. The van der Waals surface area contributed by atoms with Crippen molar-refractivity contribution in [2.75, 3.05) is 5.01 Å². The fourth-order valence-electron chi connectivity index (χ4n) is 4.16. The molecule has 3 nitrogen and oxygen atoms in total. The topological polar surface area (TPSA) is 25.2 Å². The van der Waals surface area contributed by atoms with Gasteiger partial charge in [-0.1, -0.05) is 44.0 Å². The average Bonchev–Trinajstić information content (AvgIpc) is 3.13. The summed E-state index contributed by atoms with van der Waals surface area (Å²) >= 11 is 0. The number of amides is 1. The second kappa shape index (κ2) is 5.73. The minimum atomic E-state index is 0.0603. The van der Waals surface area contributed by atoms with Crippen LogP contribution in [0.25, 0.3) is 5.57 Å². The Kier molecular flexibility index (Phi) is 3.56. The fourth-order valence-corrected chi connectivity index (χ4v) is 4.16. The van der Waals surface area contributed by atoms with Crippen LogP contribution in [0.4, 0.5) is 0 Å². The van der Waals surface area contributed by atoms with E-state index in [1.807, 2.05) is 58.5 Å². The molecule has 0 radical (unpaired) electrons. The number of rotatable bonds is 2. The van der Waals surface area contributed by atoms with Crippen molar-refractivity contribution >= 4 is 11.5 Å². The van der Waals surface area contributed by atoms with Crippen LogP contribution in [0.15, 0.2) is 55.4 Å². The maximum atomic E-state index is 13.2. The SMILES string of the molecule is C=C1c2ccccc2C(=O)N(n2cccc2)C1C1CCCCC1. The van der Waals surface area contributed by atoms with Crippen LogP contribution in [0.1, 0.15) is 48.0 Å². The Hall–Kier alpha value is -2.29. The van der Waals surface area contributed by atoms with Gasteiger partial charge in [0.15, 0.2) is 0 Å². The summed E-state index contributed by atoms with van der Waals surface area (Å²) in [6, 6.07) is 11.9. The Labute approximate surface area is 137 Å². The molecule has 1 unspecified atom stereocenters. The molecule has 2 aliphatic rings. The second-order valence-corrected chi connectivity index (χ2v) is 6.63. The highest BCUT2D eigenvalue weighted by molar-refractivity contribution is 6.10. The van der Waals surface area contributed by atoms with Crippen molar-refractivity contribution in [3.05, 3.63) is 66.5 Å². The van der Waals surface area contributed by atoms with Gasteiger partial charge in [0.05, 0.1) is 6.04 Å². The maximum absolute atomic E-state index is 13.2. The predicted molar refractivity (Wildman–Crippen MR) is 92.8 cm³/mol. The van der Waals surface area contributed by atoms with Gasteiger partial charge >= 0.3 is 0 Å². The molecule has 2 heterocycles. The Morgan fingerprint density at radius 2 is 1.57 bits per heavy atom. The lowest BCUT2D eigenvalue weighted by Gasteiger charge is -2.43. The second-order valence-electron chi connectivity index (χ2n) is 6.63. The van der Waals surface area contributed by atoms with E-state index >= 15 is 0 Å². The molecule has 23 heavy (non-hydrogen) atoms. The number of carbonyl (C=O) groups excluding carboxylic acids is 1. The third kappa shape index (κ3) is 2.31. The van der Waals surface area contributed by atoms with Gasteiger partial charge in [-0.15, -0.1) is 0 Å². The van der Waals surface area contributed by atoms with Crippen molar-refractivity contribution < 1.29 is 4.79 Å². The zero-order valence-corrected chi connectivity index (χ0v) is 13.3. The zero-order chi connectivity index (χ0) is 15.8. The molecule has 0 spiro atoms. The monoisotopic (exact) mass is 306 g/mol. The van der Waals surface area contributed by atoms with Crippen LogP contribution in [-0.4, -0.2) is 16.6 Å². The minimum Gasteiger partial charge on any atom is -0.267 e. The Morgan fingerprint density at radius 3 is 2.26 bits per heavy atom. The number of carbonyl (C=O) groups is 1. The first-order chi connectivity index (χ1) is 11.3. The number of benzene rings is 1. The van der Waals surface area contributed by atoms with Crippen LogP contribution in [0.5, 0.6) is 0 Å². The number of hydrogen-bond acceptors (Lipinski definition) is 1. The smallest absolute Gasteiger partial charge is 0.267 e. The molecular weight excluding hydrogens is 284 g/mol. The van der Waals surface area contributed by atoms with Gasteiger partial charge in [0, 0.05) is 18.0 Å². The average molecular weight is 306 g/mol. The van der Waals surface area contributed by atoms with Crippen molar-refractivity contribution in [3.8, 4) is 0 Å². The molecule has 1 saturated carbocycles. The Bertz CT molecular complexity index is 726. The van der Waals surface area contributed by atoms with Gasteiger partial charge in [0.25, 0.3) is 5.91 Å². The first-order valence-electron chi connectivity index (χ1n) is 8.52. The maximum Gasteiger partial charge on any atom is 0.273 e. The van der Waals surface area contributed by atoms with Crippen LogP contribution in [0, 0.1) is 5.92 Å². The molecule has 0 N–H and O–H groups in total. The first-order valence-corrected chi connectivity index (χ1v) is 8.52. The third-order valence-corrected chi connectivity index (χ3v) is 5.27. The number of nitrogens with zero attached hydrogens (tertiary/aromatic N) is 2.